The molecule has 0 aromatic carbocycles. The van der Waals surface area contributed by atoms with Crippen LogP contribution in [0.15, 0.2) is 0 Å². The van der Waals surface area contributed by atoms with Gasteiger partial charge < -0.3 is 19.6 Å². The lowest BCUT2D eigenvalue weighted by atomic mass is 10.1. The SMILES string of the molecule is CN1CCN(C(=S)SCCCCCCCCSC(=S)N2CCN(C)CC2)CC1. The maximum absolute atomic E-state index is 5.59. The molecule has 2 aliphatic rings. The van der Waals surface area contributed by atoms with E-state index in [2.05, 4.69) is 33.7 Å². The number of hydrogen-bond acceptors (Lipinski definition) is 6. The Kier molecular flexibility index (Phi) is 12.7. The number of nitrogens with zero attached hydrogens (tertiary/aromatic N) is 4. The monoisotopic (exact) mass is 462 g/mol. The largest absolute Gasteiger partial charge is 0.355 e. The van der Waals surface area contributed by atoms with E-state index in [1.165, 1.54) is 50.0 Å². The second-order valence-corrected chi connectivity index (χ2v) is 11.4. The minimum atomic E-state index is 1.10. The van der Waals surface area contributed by atoms with Crippen molar-refractivity contribution in [3.05, 3.63) is 0 Å². The van der Waals surface area contributed by atoms with E-state index in [1.807, 2.05) is 23.5 Å². The molecular formula is C20H38N4S4. The average Bonchev–Trinajstić information content (AvgIpc) is 2.70. The van der Waals surface area contributed by atoms with Crippen LogP contribution in [0.4, 0.5) is 0 Å². The van der Waals surface area contributed by atoms with Crippen LogP contribution in [0.5, 0.6) is 0 Å². The molecule has 2 rings (SSSR count). The van der Waals surface area contributed by atoms with Crippen LogP contribution in [0.25, 0.3) is 0 Å². The van der Waals surface area contributed by atoms with E-state index in [4.69, 9.17) is 24.4 Å². The molecule has 0 bridgehead atoms. The predicted octanol–water partition coefficient (Wildman–Crippen LogP) is 3.86. The van der Waals surface area contributed by atoms with Crippen molar-refractivity contribution in [3.63, 3.8) is 0 Å². The molecule has 0 aliphatic carbocycles. The quantitative estimate of drug-likeness (QED) is 0.374. The fourth-order valence-electron chi connectivity index (χ4n) is 3.39. The van der Waals surface area contributed by atoms with Crippen LogP contribution in [-0.4, -0.2) is 106 Å². The van der Waals surface area contributed by atoms with E-state index in [0.29, 0.717) is 0 Å². The Morgan fingerprint density at radius 1 is 0.571 bits per heavy atom. The van der Waals surface area contributed by atoms with Crippen LogP contribution in [0.1, 0.15) is 38.5 Å². The Bertz CT molecular complexity index is 419. The van der Waals surface area contributed by atoms with E-state index in [-0.39, 0.29) is 0 Å². The molecule has 0 unspecified atom stereocenters. The van der Waals surface area contributed by atoms with Gasteiger partial charge in [0.2, 0.25) is 0 Å². The first-order valence-corrected chi connectivity index (χ1v) is 13.6. The van der Waals surface area contributed by atoms with Crippen LogP contribution in [0.2, 0.25) is 0 Å². The molecule has 0 saturated carbocycles. The standard InChI is InChI=1S/C20H38N4S4/c1-21-9-13-23(14-10-21)19(25)27-17-7-5-3-4-6-8-18-28-20(26)24-15-11-22(2)12-16-24/h3-18H2,1-2H3. The summed E-state index contributed by atoms with van der Waals surface area (Å²) in [5, 5.41) is 0. The predicted molar refractivity (Wildman–Crippen MR) is 136 cm³/mol. The number of piperazine rings is 2. The van der Waals surface area contributed by atoms with Gasteiger partial charge in [-0.1, -0.05) is 73.6 Å². The fourth-order valence-corrected chi connectivity index (χ4v) is 6.03. The summed E-state index contributed by atoms with van der Waals surface area (Å²) < 4.78 is 2.22. The smallest absolute Gasteiger partial charge is 0.136 e. The average molecular weight is 463 g/mol. The Morgan fingerprint density at radius 2 is 0.893 bits per heavy atom. The highest BCUT2D eigenvalue weighted by molar-refractivity contribution is 8.23. The first-order valence-electron chi connectivity index (χ1n) is 10.8. The lowest BCUT2D eigenvalue weighted by molar-refractivity contribution is 0.220. The Balaban J connectivity index is 1.36. The molecule has 0 atom stereocenters. The first-order chi connectivity index (χ1) is 13.6. The number of unbranched alkanes of at least 4 members (excludes halogenated alkanes) is 5. The Hall–Kier alpha value is 0.400. The summed E-state index contributed by atoms with van der Waals surface area (Å²) in [7, 11) is 4.38. The maximum atomic E-state index is 5.59. The molecule has 0 aromatic rings. The summed E-state index contributed by atoms with van der Waals surface area (Å²) in [6.45, 7) is 8.94. The van der Waals surface area contributed by atoms with Crippen LogP contribution in [-0.2, 0) is 0 Å². The molecule has 0 amide bonds. The van der Waals surface area contributed by atoms with Crippen LogP contribution < -0.4 is 0 Å². The van der Waals surface area contributed by atoms with Crippen LogP contribution in [0.3, 0.4) is 0 Å². The molecule has 2 saturated heterocycles. The van der Waals surface area contributed by atoms with E-state index >= 15 is 0 Å². The highest BCUT2D eigenvalue weighted by Gasteiger charge is 2.17. The number of likely N-dealkylation sites (N-methyl/N-ethyl adjacent to an activating group) is 2. The number of thiocarbonyl (C=S) groups is 2. The molecule has 0 aromatic heterocycles. The zero-order chi connectivity index (χ0) is 20.2. The van der Waals surface area contributed by atoms with Crippen molar-refractivity contribution in [2.75, 3.05) is 78.0 Å². The van der Waals surface area contributed by atoms with Crippen molar-refractivity contribution in [2.24, 2.45) is 0 Å². The van der Waals surface area contributed by atoms with Crippen molar-refractivity contribution < 1.29 is 0 Å². The second kappa shape index (κ2) is 14.4. The highest BCUT2D eigenvalue weighted by atomic mass is 32.2. The minimum absolute atomic E-state index is 1.10. The molecule has 28 heavy (non-hydrogen) atoms. The van der Waals surface area contributed by atoms with Gasteiger partial charge in [0.15, 0.2) is 0 Å². The van der Waals surface area contributed by atoms with Crippen LogP contribution in [0, 0.1) is 0 Å². The highest BCUT2D eigenvalue weighted by Crippen LogP contribution is 2.17. The van der Waals surface area contributed by atoms with Crippen molar-refractivity contribution in [1.29, 1.82) is 0 Å². The summed E-state index contributed by atoms with van der Waals surface area (Å²) in [6, 6.07) is 0. The topological polar surface area (TPSA) is 13.0 Å². The van der Waals surface area contributed by atoms with Gasteiger partial charge in [0.05, 0.1) is 0 Å². The van der Waals surface area contributed by atoms with Gasteiger partial charge in [-0.15, -0.1) is 0 Å². The molecule has 2 aliphatic heterocycles. The molecular weight excluding hydrogens is 425 g/mol. The van der Waals surface area contributed by atoms with Gasteiger partial charge in [-0.2, -0.15) is 0 Å². The zero-order valence-corrected chi connectivity index (χ0v) is 21.0. The second-order valence-electron chi connectivity index (χ2n) is 7.93. The third-order valence-electron chi connectivity index (χ3n) is 5.51. The molecule has 4 nitrogen and oxygen atoms in total. The van der Waals surface area contributed by atoms with Crippen LogP contribution >= 0.6 is 48.0 Å². The van der Waals surface area contributed by atoms with Gasteiger partial charge in [-0.25, -0.2) is 0 Å². The van der Waals surface area contributed by atoms with E-state index < -0.39 is 0 Å². The summed E-state index contributed by atoms with van der Waals surface area (Å²) in [5.41, 5.74) is 0. The van der Waals surface area contributed by atoms with E-state index in [0.717, 1.165) is 61.0 Å². The lowest BCUT2D eigenvalue weighted by Gasteiger charge is -2.33. The minimum Gasteiger partial charge on any atom is -0.355 e. The van der Waals surface area contributed by atoms with Crippen molar-refractivity contribution in [1.82, 2.24) is 19.6 Å². The number of hydrogen-bond donors (Lipinski definition) is 0. The first kappa shape index (κ1) is 24.7. The van der Waals surface area contributed by atoms with Gasteiger partial charge in [0, 0.05) is 63.9 Å². The van der Waals surface area contributed by atoms with Gasteiger partial charge in [0.1, 0.15) is 8.64 Å². The molecule has 0 radical (unpaired) electrons. The van der Waals surface area contributed by atoms with E-state index in [9.17, 15) is 0 Å². The third kappa shape index (κ3) is 9.94. The zero-order valence-electron chi connectivity index (χ0n) is 17.7. The summed E-state index contributed by atoms with van der Waals surface area (Å²) in [5.74, 6) is 2.36. The number of thioether (sulfide) groups is 2. The Labute approximate surface area is 192 Å². The van der Waals surface area contributed by atoms with Gasteiger partial charge >= 0.3 is 0 Å². The summed E-state index contributed by atoms with van der Waals surface area (Å²) in [4.78, 5) is 9.51. The maximum Gasteiger partial charge on any atom is 0.136 e. The normalized spacial score (nSPS) is 19.2. The molecule has 0 N–H and O–H groups in total. The van der Waals surface area contributed by atoms with Crippen molar-refractivity contribution in [2.45, 2.75) is 38.5 Å². The van der Waals surface area contributed by atoms with Gasteiger partial charge in [-0.3, -0.25) is 0 Å². The number of rotatable bonds is 9. The van der Waals surface area contributed by atoms with E-state index in [1.54, 1.807) is 0 Å². The van der Waals surface area contributed by atoms with Crippen molar-refractivity contribution in [3.8, 4) is 0 Å². The van der Waals surface area contributed by atoms with Crippen molar-refractivity contribution >= 4 is 56.6 Å². The lowest BCUT2D eigenvalue weighted by Crippen LogP contribution is -2.45. The molecule has 2 heterocycles. The summed E-state index contributed by atoms with van der Waals surface area (Å²) in [6.07, 6.45) is 7.97. The third-order valence-corrected chi connectivity index (χ3v) is 8.73. The van der Waals surface area contributed by atoms with Gasteiger partial charge in [-0.05, 0) is 26.9 Å². The molecule has 2 fully saturated rings. The molecule has 8 heteroatoms. The molecule has 0 spiro atoms. The molecule has 162 valence electrons. The van der Waals surface area contributed by atoms with Gasteiger partial charge in [0.25, 0.3) is 0 Å². The Morgan fingerprint density at radius 3 is 1.25 bits per heavy atom. The fraction of sp³-hybridized carbons (Fsp3) is 0.900. The summed E-state index contributed by atoms with van der Waals surface area (Å²) >= 11 is 14.9.